The summed E-state index contributed by atoms with van der Waals surface area (Å²) in [5, 5.41) is 0. The van der Waals surface area contributed by atoms with Crippen LogP contribution in [0.3, 0.4) is 0 Å². The van der Waals surface area contributed by atoms with Crippen molar-refractivity contribution in [2.75, 3.05) is 0 Å². The molecule has 0 aromatic carbocycles. The van der Waals surface area contributed by atoms with E-state index in [1.807, 2.05) is 0 Å². The summed E-state index contributed by atoms with van der Waals surface area (Å²) in [5.74, 6) is 4.62. The summed E-state index contributed by atoms with van der Waals surface area (Å²) >= 11 is 0. The first-order valence-corrected chi connectivity index (χ1v) is 13.0. The molecule has 3 aliphatic rings. The molecule has 0 aliphatic heterocycles. The summed E-state index contributed by atoms with van der Waals surface area (Å²) in [5.41, 5.74) is 5.18. The van der Waals surface area contributed by atoms with Gasteiger partial charge in [0.1, 0.15) is 0 Å². The zero-order valence-electron chi connectivity index (χ0n) is 20.8. The maximum Gasteiger partial charge on any atom is -0.0143 e. The number of hydrogen-bond donors (Lipinski definition) is 0. The van der Waals surface area contributed by atoms with Crippen LogP contribution in [0, 0.1) is 40.9 Å². The van der Waals surface area contributed by atoms with Gasteiger partial charge in [0.15, 0.2) is 0 Å². The third-order valence-corrected chi connectivity index (χ3v) is 9.34. The van der Waals surface area contributed by atoms with E-state index >= 15 is 0 Å². The molecule has 168 valence electrons. The molecule has 0 bridgehead atoms. The molecule has 0 aromatic heterocycles. The van der Waals surface area contributed by atoms with Gasteiger partial charge in [-0.2, -0.15) is 0 Å². The molecule has 0 radical (unpaired) electrons. The molecule has 0 saturated heterocycles. The minimum absolute atomic E-state index is 0.489. The highest BCUT2D eigenvalue weighted by Gasteiger charge is 2.50. The molecular weight excluding hydrogens is 360 g/mol. The molecule has 0 heteroatoms. The summed E-state index contributed by atoms with van der Waals surface area (Å²) in [6.07, 6.45) is 22.1. The van der Waals surface area contributed by atoms with Crippen molar-refractivity contribution in [2.45, 2.75) is 99.3 Å². The Morgan fingerprint density at radius 3 is 2.50 bits per heavy atom. The van der Waals surface area contributed by atoms with E-state index in [4.69, 9.17) is 0 Å². The van der Waals surface area contributed by atoms with E-state index in [1.165, 1.54) is 63.4 Å². The van der Waals surface area contributed by atoms with Crippen LogP contribution < -0.4 is 0 Å². The maximum atomic E-state index is 4.39. The minimum Gasteiger partial charge on any atom is -0.0956 e. The molecule has 0 nitrogen and oxygen atoms in total. The van der Waals surface area contributed by atoms with Crippen LogP contribution in [0.25, 0.3) is 0 Å². The Kier molecular flexibility index (Phi) is 7.92. The van der Waals surface area contributed by atoms with Crippen LogP contribution >= 0.6 is 0 Å². The fraction of sp³-hybridized carbons (Fsp3) is 0.733. The molecule has 3 aliphatic carbocycles. The van der Waals surface area contributed by atoms with E-state index in [9.17, 15) is 0 Å². The number of allylic oxidation sites excluding steroid dienone is 7. The zero-order valence-corrected chi connectivity index (χ0v) is 20.8. The van der Waals surface area contributed by atoms with Gasteiger partial charge in [0.25, 0.3) is 0 Å². The van der Waals surface area contributed by atoms with E-state index in [0.29, 0.717) is 17.3 Å². The standard InChI is InChI=1S/C30H48/c1-8-25-14-13-23(5)27(20-25)16-15-26-10-9-19-30(7)28(17-18-29(26)30)24(6)12-11-22(4)21(2)3/h11-12,15-16,21-22,24-25,28-29H,5,8-10,13-14,17-20H2,1-4,6-7H3/b12-11+,26-15+,27-16-/t22-,24+,25-,28+,29-,30+/m0/s1. The molecule has 0 heterocycles. The molecule has 0 unspecified atom stereocenters. The smallest absolute Gasteiger partial charge is 0.0143 e. The summed E-state index contributed by atoms with van der Waals surface area (Å²) < 4.78 is 0. The fourth-order valence-electron chi connectivity index (χ4n) is 6.69. The van der Waals surface area contributed by atoms with Crippen molar-refractivity contribution >= 4 is 0 Å². The minimum atomic E-state index is 0.489. The lowest BCUT2D eigenvalue weighted by Gasteiger charge is -2.44. The van der Waals surface area contributed by atoms with Gasteiger partial charge in [-0.15, -0.1) is 0 Å². The van der Waals surface area contributed by atoms with Gasteiger partial charge in [0.2, 0.25) is 0 Å². The van der Waals surface area contributed by atoms with Crippen LogP contribution in [-0.2, 0) is 0 Å². The van der Waals surface area contributed by atoms with Gasteiger partial charge in [-0.1, -0.05) is 90.0 Å². The van der Waals surface area contributed by atoms with Crippen LogP contribution in [-0.4, -0.2) is 0 Å². The highest BCUT2D eigenvalue weighted by Crippen LogP contribution is 2.59. The van der Waals surface area contributed by atoms with Gasteiger partial charge in [-0.25, -0.2) is 0 Å². The third kappa shape index (κ3) is 5.05. The van der Waals surface area contributed by atoms with Gasteiger partial charge >= 0.3 is 0 Å². The summed E-state index contributed by atoms with van der Waals surface area (Å²) in [6.45, 7) is 18.9. The molecule has 3 saturated carbocycles. The van der Waals surface area contributed by atoms with Crippen molar-refractivity contribution in [3.05, 3.63) is 47.6 Å². The van der Waals surface area contributed by atoms with Crippen LogP contribution in [0.2, 0.25) is 0 Å². The fourth-order valence-corrected chi connectivity index (χ4v) is 6.69. The second kappa shape index (κ2) is 10.1. The van der Waals surface area contributed by atoms with Crippen molar-refractivity contribution in [2.24, 2.45) is 40.9 Å². The monoisotopic (exact) mass is 408 g/mol. The average molecular weight is 409 g/mol. The Hall–Kier alpha value is -1.04. The van der Waals surface area contributed by atoms with Gasteiger partial charge in [-0.3, -0.25) is 0 Å². The molecule has 0 spiro atoms. The Bertz CT molecular complexity index is 687. The first kappa shape index (κ1) is 23.6. The molecule has 30 heavy (non-hydrogen) atoms. The maximum absolute atomic E-state index is 4.39. The second-order valence-electron chi connectivity index (χ2n) is 11.5. The highest BCUT2D eigenvalue weighted by atomic mass is 14.5. The Balaban J connectivity index is 1.75. The van der Waals surface area contributed by atoms with E-state index in [2.05, 4.69) is 72.4 Å². The van der Waals surface area contributed by atoms with Crippen LogP contribution in [0.1, 0.15) is 99.3 Å². The molecule has 0 N–H and O–H groups in total. The van der Waals surface area contributed by atoms with Crippen molar-refractivity contribution in [1.29, 1.82) is 0 Å². The van der Waals surface area contributed by atoms with Gasteiger partial charge in [-0.05, 0) is 97.9 Å². The van der Waals surface area contributed by atoms with E-state index in [0.717, 1.165) is 23.7 Å². The van der Waals surface area contributed by atoms with Crippen LogP contribution in [0.5, 0.6) is 0 Å². The number of fused-ring (bicyclic) bond motifs is 1. The second-order valence-corrected chi connectivity index (χ2v) is 11.5. The summed E-state index contributed by atoms with van der Waals surface area (Å²) in [7, 11) is 0. The predicted molar refractivity (Wildman–Crippen MR) is 133 cm³/mol. The van der Waals surface area contributed by atoms with Crippen molar-refractivity contribution in [3.8, 4) is 0 Å². The third-order valence-electron chi connectivity index (χ3n) is 9.34. The molecule has 6 atom stereocenters. The van der Waals surface area contributed by atoms with Crippen molar-refractivity contribution in [3.63, 3.8) is 0 Å². The Morgan fingerprint density at radius 2 is 1.80 bits per heavy atom. The molecule has 3 rings (SSSR count). The van der Waals surface area contributed by atoms with Gasteiger partial charge in [0.05, 0.1) is 0 Å². The average Bonchev–Trinajstić information content (AvgIpc) is 3.08. The summed E-state index contributed by atoms with van der Waals surface area (Å²) in [4.78, 5) is 0. The normalized spacial score (nSPS) is 37.3. The van der Waals surface area contributed by atoms with Gasteiger partial charge < -0.3 is 0 Å². The number of hydrogen-bond acceptors (Lipinski definition) is 0. The lowest BCUT2D eigenvalue weighted by Crippen LogP contribution is -2.35. The number of rotatable bonds is 6. The molecule has 3 fully saturated rings. The first-order valence-electron chi connectivity index (χ1n) is 13.0. The van der Waals surface area contributed by atoms with E-state index < -0.39 is 0 Å². The zero-order chi connectivity index (χ0) is 21.9. The van der Waals surface area contributed by atoms with E-state index in [1.54, 1.807) is 11.1 Å². The Labute approximate surface area is 188 Å². The summed E-state index contributed by atoms with van der Waals surface area (Å²) in [6, 6.07) is 0. The SMILES string of the molecule is C=C1CC[C@H](CC)C/C1=C/C=C1\CCC[C@]2(C)[C@@H]([C@H](C)/C=C/[C@H](C)C(C)C)CC[C@@H]12. The predicted octanol–water partition coefficient (Wildman–Crippen LogP) is 9.31. The quantitative estimate of drug-likeness (QED) is 0.384. The Morgan fingerprint density at radius 1 is 1.03 bits per heavy atom. The largest absolute Gasteiger partial charge is 0.0956 e. The van der Waals surface area contributed by atoms with Crippen molar-refractivity contribution < 1.29 is 0 Å². The first-order chi connectivity index (χ1) is 14.3. The topological polar surface area (TPSA) is 0 Å². The van der Waals surface area contributed by atoms with E-state index in [-0.39, 0.29) is 0 Å². The molecular formula is C30H48. The van der Waals surface area contributed by atoms with Crippen LogP contribution in [0.15, 0.2) is 47.6 Å². The lowest BCUT2D eigenvalue weighted by atomic mass is 9.61. The lowest BCUT2D eigenvalue weighted by molar-refractivity contribution is 0.112. The molecule has 0 aromatic rings. The molecule has 0 amide bonds. The van der Waals surface area contributed by atoms with Crippen LogP contribution in [0.4, 0.5) is 0 Å². The highest BCUT2D eigenvalue weighted by molar-refractivity contribution is 5.36. The van der Waals surface area contributed by atoms with Gasteiger partial charge in [0, 0.05) is 0 Å². The van der Waals surface area contributed by atoms with Crippen molar-refractivity contribution in [1.82, 2.24) is 0 Å².